The number of nitrogens with one attached hydrogen (secondary N) is 1. The van der Waals surface area contributed by atoms with E-state index in [0.717, 1.165) is 32.4 Å². The molecule has 1 heterocycles. The van der Waals surface area contributed by atoms with Crippen LogP contribution >= 0.6 is 0 Å². The predicted molar refractivity (Wildman–Crippen MR) is 108 cm³/mol. The highest BCUT2D eigenvalue weighted by Crippen LogP contribution is 2.23. The van der Waals surface area contributed by atoms with Crippen molar-refractivity contribution in [2.45, 2.75) is 71.9 Å². The van der Waals surface area contributed by atoms with Gasteiger partial charge in [0.05, 0.1) is 0 Å². The van der Waals surface area contributed by atoms with Crippen molar-refractivity contribution in [3.8, 4) is 0 Å². The second-order valence-electron chi connectivity index (χ2n) is 9.52. The molecule has 0 atom stereocenters. The quantitative estimate of drug-likeness (QED) is 0.853. The van der Waals surface area contributed by atoms with Crippen molar-refractivity contribution in [1.29, 1.82) is 0 Å². The molecule has 1 aliphatic heterocycles. The van der Waals surface area contributed by atoms with Crippen LogP contribution in [0.15, 0.2) is 24.3 Å². The van der Waals surface area contributed by atoms with Crippen molar-refractivity contribution in [3.63, 3.8) is 0 Å². The maximum atomic E-state index is 12.2. The van der Waals surface area contributed by atoms with Gasteiger partial charge in [-0.15, -0.1) is 0 Å². The molecule has 0 unspecified atom stereocenters. The molecule has 0 spiro atoms. The first-order chi connectivity index (χ1) is 12.4. The Kier molecular flexibility index (Phi) is 6.55. The summed E-state index contributed by atoms with van der Waals surface area (Å²) in [7, 11) is 0. The maximum Gasteiger partial charge on any atom is 0.410 e. The summed E-state index contributed by atoms with van der Waals surface area (Å²) in [6, 6.07) is 7.87. The third-order valence-electron chi connectivity index (χ3n) is 4.50. The number of ether oxygens (including phenoxy) is 1. The van der Waals surface area contributed by atoms with Crippen LogP contribution in [0.4, 0.5) is 4.79 Å². The van der Waals surface area contributed by atoms with Crippen LogP contribution in [0, 0.1) is 5.92 Å². The van der Waals surface area contributed by atoms with E-state index >= 15 is 0 Å². The summed E-state index contributed by atoms with van der Waals surface area (Å²) < 4.78 is 5.45. The van der Waals surface area contributed by atoms with Crippen molar-refractivity contribution in [2.75, 3.05) is 13.1 Å². The van der Waals surface area contributed by atoms with Crippen LogP contribution in [0.5, 0.6) is 0 Å². The van der Waals surface area contributed by atoms with Crippen molar-refractivity contribution in [3.05, 3.63) is 35.4 Å². The van der Waals surface area contributed by atoms with Crippen molar-refractivity contribution < 1.29 is 14.3 Å². The average Bonchev–Trinajstić information content (AvgIpc) is 2.53. The summed E-state index contributed by atoms with van der Waals surface area (Å²) in [5.41, 5.74) is 1.23. The van der Waals surface area contributed by atoms with Gasteiger partial charge in [0.25, 0.3) is 5.91 Å². The van der Waals surface area contributed by atoms with Gasteiger partial charge in [-0.3, -0.25) is 4.79 Å². The molecule has 0 aliphatic carbocycles. The van der Waals surface area contributed by atoms with Gasteiger partial charge in [0, 0.05) is 24.2 Å². The van der Waals surface area contributed by atoms with Crippen molar-refractivity contribution in [2.24, 2.45) is 5.92 Å². The Morgan fingerprint density at radius 1 is 1.04 bits per heavy atom. The standard InChI is InChI=1S/C22H34N2O3/c1-21(2,3)23-19(25)18-9-7-16(8-10-18)15-17-11-13-24(14-12-17)20(26)27-22(4,5)6/h7-10,17H,11-15H2,1-6H3,(H,23,25). The lowest BCUT2D eigenvalue weighted by atomic mass is 9.90. The predicted octanol–water partition coefficient (Wildman–Crippen LogP) is 4.40. The molecular weight excluding hydrogens is 340 g/mol. The van der Waals surface area contributed by atoms with E-state index < -0.39 is 5.60 Å². The van der Waals surface area contributed by atoms with Crippen molar-refractivity contribution in [1.82, 2.24) is 10.2 Å². The molecule has 27 heavy (non-hydrogen) atoms. The van der Waals surface area contributed by atoms with Gasteiger partial charge in [-0.2, -0.15) is 0 Å². The SMILES string of the molecule is CC(C)(C)NC(=O)c1ccc(CC2CCN(C(=O)OC(C)(C)C)CC2)cc1. The number of amides is 2. The van der Waals surface area contributed by atoms with E-state index in [1.807, 2.05) is 70.7 Å². The van der Waals surface area contributed by atoms with E-state index in [-0.39, 0.29) is 17.5 Å². The monoisotopic (exact) mass is 374 g/mol. The first-order valence-corrected chi connectivity index (χ1v) is 9.82. The van der Waals surface area contributed by atoms with Crippen LogP contribution in [0.1, 0.15) is 70.3 Å². The number of carbonyl (C=O) groups excluding carboxylic acids is 2. The molecule has 1 aliphatic rings. The van der Waals surface area contributed by atoms with Gasteiger partial charge in [-0.1, -0.05) is 12.1 Å². The van der Waals surface area contributed by atoms with Gasteiger partial charge >= 0.3 is 6.09 Å². The molecule has 1 saturated heterocycles. The van der Waals surface area contributed by atoms with Crippen LogP contribution in [0.25, 0.3) is 0 Å². The summed E-state index contributed by atoms with van der Waals surface area (Å²) in [4.78, 5) is 26.2. The molecule has 5 nitrogen and oxygen atoms in total. The number of nitrogens with zero attached hydrogens (tertiary/aromatic N) is 1. The minimum Gasteiger partial charge on any atom is -0.444 e. The van der Waals surface area contributed by atoms with E-state index in [1.54, 1.807) is 0 Å². The van der Waals surface area contributed by atoms with E-state index in [4.69, 9.17) is 4.74 Å². The highest BCUT2D eigenvalue weighted by atomic mass is 16.6. The largest absolute Gasteiger partial charge is 0.444 e. The van der Waals surface area contributed by atoms with E-state index in [0.29, 0.717) is 11.5 Å². The Balaban J connectivity index is 1.83. The molecular formula is C22H34N2O3. The normalized spacial score (nSPS) is 16.1. The van der Waals surface area contributed by atoms with Crippen LogP contribution in [0.2, 0.25) is 0 Å². The molecule has 5 heteroatoms. The number of hydrogen-bond acceptors (Lipinski definition) is 3. The molecule has 1 N–H and O–H groups in total. The Bertz CT molecular complexity index is 646. The molecule has 1 fully saturated rings. The summed E-state index contributed by atoms with van der Waals surface area (Å²) in [6.07, 6.45) is 2.72. The third-order valence-corrected chi connectivity index (χ3v) is 4.50. The molecule has 1 aromatic rings. The first-order valence-electron chi connectivity index (χ1n) is 9.82. The average molecular weight is 375 g/mol. The van der Waals surface area contributed by atoms with Gasteiger partial charge in [-0.05, 0) is 84.4 Å². The minimum atomic E-state index is -0.449. The molecule has 2 amide bonds. The van der Waals surface area contributed by atoms with Crippen LogP contribution in [0.3, 0.4) is 0 Å². The maximum absolute atomic E-state index is 12.2. The Morgan fingerprint density at radius 3 is 2.07 bits per heavy atom. The van der Waals surface area contributed by atoms with Crippen LogP contribution in [-0.2, 0) is 11.2 Å². The molecule has 0 aromatic heterocycles. The van der Waals surface area contributed by atoms with E-state index in [1.165, 1.54) is 5.56 Å². The van der Waals surface area contributed by atoms with Crippen molar-refractivity contribution >= 4 is 12.0 Å². The fourth-order valence-electron chi connectivity index (χ4n) is 3.18. The van der Waals surface area contributed by atoms with Crippen LogP contribution in [-0.4, -0.2) is 41.1 Å². The van der Waals surface area contributed by atoms with Gasteiger partial charge in [-0.25, -0.2) is 4.79 Å². The van der Waals surface area contributed by atoms with Gasteiger partial charge in [0.2, 0.25) is 0 Å². The molecule has 1 aromatic carbocycles. The molecule has 0 bridgehead atoms. The zero-order valence-corrected chi connectivity index (χ0v) is 17.6. The zero-order valence-electron chi connectivity index (χ0n) is 17.6. The summed E-state index contributed by atoms with van der Waals surface area (Å²) in [5.74, 6) is 0.512. The second-order valence-corrected chi connectivity index (χ2v) is 9.52. The molecule has 150 valence electrons. The second kappa shape index (κ2) is 8.32. The fourth-order valence-corrected chi connectivity index (χ4v) is 3.18. The summed E-state index contributed by atoms with van der Waals surface area (Å²) in [5, 5.41) is 2.98. The number of piperidine rings is 1. The molecule has 0 radical (unpaired) electrons. The Labute approximate surface area is 163 Å². The van der Waals surface area contributed by atoms with Gasteiger partial charge in [0.15, 0.2) is 0 Å². The summed E-state index contributed by atoms with van der Waals surface area (Å²) in [6.45, 7) is 13.1. The zero-order chi connectivity index (χ0) is 20.2. The highest BCUT2D eigenvalue weighted by Gasteiger charge is 2.27. The lowest BCUT2D eigenvalue weighted by Gasteiger charge is -2.33. The Hall–Kier alpha value is -2.04. The smallest absolute Gasteiger partial charge is 0.410 e. The first kappa shape index (κ1) is 21.3. The lowest BCUT2D eigenvalue weighted by molar-refractivity contribution is 0.0184. The fraction of sp³-hybridized carbons (Fsp3) is 0.636. The summed E-state index contributed by atoms with van der Waals surface area (Å²) >= 11 is 0. The topological polar surface area (TPSA) is 58.6 Å². The third kappa shape index (κ3) is 7.24. The van der Waals surface area contributed by atoms with E-state index in [9.17, 15) is 9.59 Å². The van der Waals surface area contributed by atoms with Crippen LogP contribution < -0.4 is 5.32 Å². The highest BCUT2D eigenvalue weighted by molar-refractivity contribution is 5.94. The lowest BCUT2D eigenvalue weighted by Crippen LogP contribution is -2.42. The number of likely N-dealkylation sites (tertiary alicyclic amines) is 1. The molecule has 0 saturated carbocycles. The molecule has 2 rings (SSSR count). The number of rotatable bonds is 3. The minimum absolute atomic E-state index is 0.0419. The number of carbonyl (C=O) groups is 2. The van der Waals surface area contributed by atoms with Gasteiger partial charge < -0.3 is 15.0 Å². The number of hydrogen-bond donors (Lipinski definition) is 1. The Morgan fingerprint density at radius 2 is 1.59 bits per heavy atom. The number of benzene rings is 1. The van der Waals surface area contributed by atoms with Gasteiger partial charge in [0.1, 0.15) is 5.60 Å². The van der Waals surface area contributed by atoms with E-state index in [2.05, 4.69) is 5.32 Å².